The van der Waals surface area contributed by atoms with Crippen LogP contribution in [-0.4, -0.2) is 52.4 Å². The smallest absolute Gasteiger partial charge is 0.410 e. The standard InChI is InChI=1S/C17H23BrN2O5/c1-16(2,3)25-15(23)20-9-5-7-17(11-20,24-10-13(21)22)12-6-4-8-19-14(12)18/h4,6,8H,5,7,9-11H2,1-3H3,(H,21,22). The number of ether oxygens (including phenoxy) is 2. The van der Waals surface area contributed by atoms with Gasteiger partial charge in [0.05, 0.1) is 6.54 Å². The summed E-state index contributed by atoms with van der Waals surface area (Å²) in [5.41, 5.74) is -0.821. The number of halogens is 1. The van der Waals surface area contributed by atoms with E-state index in [1.807, 2.05) is 6.07 Å². The van der Waals surface area contributed by atoms with E-state index in [0.717, 1.165) is 5.56 Å². The maximum Gasteiger partial charge on any atom is 0.410 e. The third kappa shape index (κ3) is 5.15. The van der Waals surface area contributed by atoms with Gasteiger partial charge < -0.3 is 19.5 Å². The van der Waals surface area contributed by atoms with E-state index < -0.39 is 29.9 Å². The van der Waals surface area contributed by atoms with Crippen LogP contribution in [0, 0.1) is 0 Å². The molecule has 1 aromatic heterocycles. The predicted molar refractivity (Wildman–Crippen MR) is 94.2 cm³/mol. The Kier molecular flexibility index (Phi) is 6.05. The minimum absolute atomic E-state index is 0.208. The maximum absolute atomic E-state index is 12.5. The number of pyridine rings is 1. The van der Waals surface area contributed by atoms with Gasteiger partial charge in [-0.2, -0.15) is 0 Å². The summed E-state index contributed by atoms with van der Waals surface area (Å²) in [6.07, 6.45) is 2.45. The number of hydrogen-bond donors (Lipinski definition) is 1. The number of carboxylic acid groups (broad SMARTS) is 1. The number of aromatic nitrogens is 1. The molecule has 1 unspecified atom stereocenters. The molecule has 0 saturated carbocycles. The van der Waals surface area contributed by atoms with E-state index in [-0.39, 0.29) is 6.54 Å². The maximum atomic E-state index is 12.5. The van der Waals surface area contributed by atoms with Crippen molar-refractivity contribution >= 4 is 28.0 Å². The molecule has 1 fully saturated rings. The Morgan fingerprint density at radius 1 is 1.44 bits per heavy atom. The van der Waals surface area contributed by atoms with Crippen LogP contribution in [0.5, 0.6) is 0 Å². The molecule has 0 aliphatic carbocycles. The van der Waals surface area contributed by atoms with Gasteiger partial charge in [0.15, 0.2) is 0 Å². The number of piperidine rings is 1. The van der Waals surface area contributed by atoms with Crippen molar-refractivity contribution in [3.05, 3.63) is 28.5 Å². The Bertz CT molecular complexity index is 646. The van der Waals surface area contributed by atoms with Crippen molar-refractivity contribution < 1.29 is 24.2 Å². The van der Waals surface area contributed by atoms with Crippen LogP contribution in [0.2, 0.25) is 0 Å². The van der Waals surface area contributed by atoms with Crippen LogP contribution in [0.4, 0.5) is 4.79 Å². The van der Waals surface area contributed by atoms with Gasteiger partial charge in [0.1, 0.15) is 22.4 Å². The second-order valence-electron chi connectivity index (χ2n) is 7.02. The average molecular weight is 415 g/mol. The molecule has 0 spiro atoms. The van der Waals surface area contributed by atoms with E-state index in [4.69, 9.17) is 14.6 Å². The van der Waals surface area contributed by atoms with Gasteiger partial charge in [-0.05, 0) is 55.6 Å². The van der Waals surface area contributed by atoms with Crippen molar-refractivity contribution in [2.45, 2.75) is 44.8 Å². The molecule has 0 radical (unpaired) electrons. The van der Waals surface area contributed by atoms with Gasteiger partial charge >= 0.3 is 12.1 Å². The first kappa shape index (κ1) is 19.7. The highest BCUT2D eigenvalue weighted by atomic mass is 79.9. The lowest BCUT2D eigenvalue weighted by Gasteiger charge is -2.43. The van der Waals surface area contributed by atoms with Crippen LogP contribution >= 0.6 is 15.9 Å². The van der Waals surface area contributed by atoms with Crippen LogP contribution in [0.1, 0.15) is 39.2 Å². The molecule has 0 aromatic carbocycles. The van der Waals surface area contributed by atoms with Crippen LogP contribution in [0.25, 0.3) is 0 Å². The van der Waals surface area contributed by atoms with Gasteiger partial charge in [-0.1, -0.05) is 6.07 Å². The highest BCUT2D eigenvalue weighted by Gasteiger charge is 2.42. The highest BCUT2D eigenvalue weighted by Crippen LogP contribution is 2.38. The van der Waals surface area contributed by atoms with E-state index in [2.05, 4.69) is 20.9 Å². The number of carbonyl (C=O) groups excluding carboxylic acids is 1. The molecule has 0 bridgehead atoms. The summed E-state index contributed by atoms with van der Waals surface area (Å²) in [7, 11) is 0. The summed E-state index contributed by atoms with van der Waals surface area (Å²) in [4.78, 5) is 29.3. The SMILES string of the molecule is CC(C)(C)OC(=O)N1CCCC(OCC(=O)O)(c2cccnc2Br)C1. The number of likely N-dealkylation sites (tertiary alicyclic amines) is 1. The van der Waals surface area contributed by atoms with Crippen molar-refractivity contribution in [2.24, 2.45) is 0 Å². The second kappa shape index (κ2) is 7.70. The normalized spacial score (nSPS) is 21.0. The molecule has 7 nitrogen and oxygen atoms in total. The molecule has 8 heteroatoms. The molecule has 1 aliphatic heterocycles. The van der Waals surface area contributed by atoms with E-state index >= 15 is 0 Å². The van der Waals surface area contributed by atoms with Gasteiger partial charge in [0.25, 0.3) is 0 Å². The molecule has 1 aliphatic rings. The quantitative estimate of drug-likeness (QED) is 0.760. The predicted octanol–water partition coefficient (Wildman–Crippen LogP) is 3.17. The Labute approximate surface area is 155 Å². The summed E-state index contributed by atoms with van der Waals surface area (Å²) >= 11 is 3.41. The first-order valence-electron chi connectivity index (χ1n) is 8.08. The zero-order chi connectivity index (χ0) is 18.7. The Morgan fingerprint density at radius 3 is 2.76 bits per heavy atom. The Hall–Kier alpha value is -1.67. The number of rotatable bonds is 4. The number of hydrogen-bond acceptors (Lipinski definition) is 5. The van der Waals surface area contributed by atoms with E-state index in [9.17, 15) is 9.59 Å². The number of aliphatic carboxylic acids is 1. The summed E-state index contributed by atoms with van der Waals surface area (Å²) in [6, 6.07) is 3.59. The Balaban J connectivity index is 2.30. The van der Waals surface area contributed by atoms with Crippen molar-refractivity contribution in [1.29, 1.82) is 0 Å². The third-order valence-electron chi connectivity index (χ3n) is 3.83. The second-order valence-corrected chi connectivity index (χ2v) is 7.78. The van der Waals surface area contributed by atoms with Gasteiger partial charge in [-0.25, -0.2) is 14.6 Å². The van der Waals surface area contributed by atoms with Crippen LogP contribution in [0.3, 0.4) is 0 Å². The molecule has 1 amide bonds. The largest absolute Gasteiger partial charge is 0.480 e. The van der Waals surface area contributed by atoms with Gasteiger partial charge in [0, 0.05) is 18.3 Å². The molecule has 25 heavy (non-hydrogen) atoms. The summed E-state index contributed by atoms with van der Waals surface area (Å²) in [5, 5.41) is 9.05. The molecule has 2 heterocycles. The molecule has 138 valence electrons. The van der Waals surface area contributed by atoms with Gasteiger partial charge in [-0.15, -0.1) is 0 Å². The summed E-state index contributed by atoms with van der Waals surface area (Å²) in [6.45, 7) is 5.70. The zero-order valence-corrected chi connectivity index (χ0v) is 16.2. The van der Waals surface area contributed by atoms with E-state index in [1.165, 1.54) is 0 Å². The fraction of sp³-hybridized carbons (Fsp3) is 0.588. The summed E-state index contributed by atoms with van der Waals surface area (Å²) < 4.78 is 11.8. The van der Waals surface area contributed by atoms with Crippen molar-refractivity contribution in [3.8, 4) is 0 Å². The number of carbonyl (C=O) groups is 2. The van der Waals surface area contributed by atoms with Gasteiger partial charge in [-0.3, -0.25) is 0 Å². The first-order chi connectivity index (χ1) is 11.6. The van der Waals surface area contributed by atoms with Crippen molar-refractivity contribution in [3.63, 3.8) is 0 Å². The van der Waals surface area contributed by atoms with Crippen LogP contribution < -0.4 is 0 Å². The molecule has 1 aromatic rings. The first-order valence-corrected chi connectivity index (χ1v) is 8.87. The molecule has 2 rings (SSSR count). The molecular formula is C17H23BrN2O5. The lowest BCUT2D eigenvalue weighted by atomic mass is 9.86. The fourth-order valence-electron chi connectivity index (χ4n) is 2.85. The monoisotopic (exact) mass is 414 g/mol. The van der Waals surface area contributed by atoms with Crippen molar-refractivity contribution in [2.75, 3.05) is 19.7 Å². The molecular weight excluding hydrogens is 392 g/mol. The lowest BCUT2D eigenvalue weighted by Crippen LogP contribution is -2.51. The minimum Gasteiger partial charge on any atom is -0.480 e. The summed E-state index contributed by atoms with van der Waals surface area (Å²) in [5.74, 6) is -1.06. The minimum atomic E-state index is -1.06. The lowest BCUT2D eigenvalue weighted by molar-refractivity contribution is -0.155. The fourth-order valence-corrected chi connectivity index (χ4v) is 3.46. The van der Waals surface area contributed by atoms with Crippen LogP contribution in [0.15, 0.2) is 22.9 Å². The highest BCUT2D eigenvalue weighted by molar-refractivity contribution is 9.10. The third-order valence-corrected chi connectivity index (χ3v) is 4.46. The number of nitrogens with zero attached hydrogens (tertiary/aromatic N) is 2. The van der Waals surface area contributed by atoms with Crippen molar-refractivity contribution in [1.82, 2.24) is 9.88 Å². The molecule has 1 saturated heterocycles. The Morgan fingerprint density at radius 2 is 2.16 bits per heavy atom. The van der Waals surface area contributed by atoms with E-state index in [0.29, 0.717) is 24.0 Å². The molecule has 1 N–H and O–H groups in total. The zero-order valence-electron chi connectivity index (χ0n) is 14.6. The average Bonchev–Trinajstić information content (AvgIpc) is 2.52. The number of carboxylic acids is 1. The number of amides is 1. The topological polar surface area (TPSA) is 89.0 Å². The van der Waals surface area contributed by atoms with Crippen LogP contribution in [-0.2, 0) is 19.9 Å². The molecule has 1 atom stereocenters. The van der Waals surface area contributed by atoms with E-state index in [1.54, 1.807) is 37.9 Å². The van der Waals surface area contributed by atoms with Gasteiger partial charge in [0.2, 0.25) is 0 Å².